The van der Waals surface area contributed by atoms with Crippen LogP contribution in [0.2, 0.25) is 0 Å². The zero-order chi connectivity index (χ0) is 26.2. The predicted molar refractivity (Wildman–Crippen MR) is 100 cm³/mol. The van der Waals surface area contributed by atoms with Crippen molar-refractivity contribution in [3.8, 4) is 11.1 Å². The minimum absolute atomic E-state index is 0.152. The SMILES string of the molecule is COC(=O)C(NC(=O)c1ccccc1)c1c(F)c(F)c(-c2c(F)c(F)c(F)c(F)c2F)c(F)c1F. The molecule has 35 heavy (non-hydrogen) atoms. The normalized spacial score (nSPS) is 11.8. The summed E-state index contributed by atoms with van der Waals surface area (Å²) in [7, 11) is 0.704. The van der Waals surface area contributed by atoms with Crippen LogP contribution in [0.25, 0.3) is 11.1 Å². The number of ether oxygens (including phenoxy) is 1. The van der Waals surface area contributed by atoms with Gasteiger partial charge in [-0.1, -0.05) is 18.2 Å². The second-order valence-corrected chi connectivity index (χ2v) is 6.79. The zero-order valence-corrected chi connectivity index (χ0v) is 17.1. The van der Waals surface area contributed by atoms with Gasteiger partial charge in [0, 0.05) is 5.56 Å². The molecule has 0 aliphatic heterocycles. The summed E-state index contributed by atoms with van der Waals surface area (Å²) in [6, 6.07) is 4.15. The number of hydrogen-bond donors (Lipinski definition) is 1. The first-order chi connectivity index (χ1) is 16.4. The van der Waals surface area contributed by atoms with Crippen LogP contribution in [-0.2, 0) is 9.53 Å². The van der Waals surface area contributed by atoms with Gasteiger partial charge in [0.15, 0.2) is 52.6 Å². The summed E-state index contributed by atoms with van der Waals surface area (Å²) in [5.41, 5.74) is -6.50. The number of halogens is 9. The summed E-state index contributed by atoms with van der Waals surface area (Å²) in [5, 5.41) is 1.80. The molecule has 0 saturated heterocycles. The van der Waals surface area contributed by atoms with Crippen LogP contribution >= 0.6 is 0 Å². The number of nitrogens with one attached hydrogen (secondary N) is 1. The lowest BCUT2D eigenvalue weighted by Crippen LogP contribution is -2.36. The second kappa shape index (κ2) is 9.68. The van der Waals surface area contributed by atoms with E-state index < -0.39 is 87.0 Å². The molecule has 1 atom stereocenters. The second-order valence-electron chi connectivity index (χ2n) is 6.79. The first kappa shape index (κ1) is 25.6. The molecule has 184 valence electrons. The summed E-state index contributed by atoms with van der Waals surface area (Å²) in [6.45, 7) is 0. The van der Waals surface area contributed by atoms with E-state index in [9.17, 15) is 49.1 Å². The first-order valence-corrected chi connectivity index (χ1v) is 9.25. The number of benzene rings is 3. The molecular weight excluding hydrogens is 497 g/mol. The summed E-state index contributed by atoms with van der Waals surface area (Å²) < 4.78 is 132. The van der Waals surface area contributed by atoms with E-state index in [1.165, 1.54) is 30.3 Å². The maximum absolute atomic E-state index is 14.9. The Kier molecular flexibility index (Phi) is 7.08. The van der Waals surface area contributed by atoms with Gasteiger partial charge in [0.1, 0.15) is 0 Å². The topological polar surface area (TPSA) is 55.4 Å². The third kappa shape index (κ3) is 4.29. The molecule has 0 aromatic heterocycles. The number of hydrogen-bond acceptors (Lipinski definition) is 3. The van der Waals surface area contributed by atoms with Crippen molar-refractivity contribution in [3.05, 3.63) is 93.8 Å². The van der Waals surface area contributed by atoms with Crippen molar-refractivity contribution in [2.24, 2.45) is 0 Å². The van der Waals surface area contributed by atoms with Crippen LogP contribution in [-0.4, -0.2) is 19.0 Å². The van der Waals surface area contributed by atoms with Crippen molar-refractivity contribution in [2.45, 2.75) is 6.04 Å². The summed E-state index contributed by atoms with van der Waals surface area (Å²) in [6.07, 6.45) is 0. The Morgan fingerprint density at radius 3 is 1.49 bits per heavy atom. The number of carbonyl (C=O) groups is 2. The average Bonchev–Trinajstić information content (AvgIpc) is 2.86. The van der Waals surface area contributed by atoms with Gasteiger partial charge in [-0.2, -0.15) is 0 Å². The molecule has 0 aliphatic rings. The Morgan fingerprint density at radius 1 is 0.657 bits per heavy atom. The van der Waals surface area contributed by atoms with Crippen LogP contribution in [0.1, 0.15) is 22.0 Å². The summed E-state index contributed by atoms with van der Waals surface area (Å²) in [4.78, 5) is 24.5. The van der Waals surface area contributed by atoms with Crippen LogP contribution in [0, 0.1) is 52.4 Å². The lowest BCUT2D eigenvalue weighted by Gasteiger charge is -2.20. The summed E-state index contributed by atoms with van der Waals surface area (Å²) in [5.74, 6) is -26.4. The largest absolute Gasteiger partial charge is 0.467 e. The van der Waals surface area contributed by atoms with Gasteiger partial charge >= 0.3 is 5.97 Å². The van der Waals surface area contributed by atoms with E-state index in [-0.39, 0.29) is 5.56 Å². The highest BCUT2D eigenvalue weighted by molar-refractivity contribution is 5.97. The fourth-order valence-corrected chi connectivity index (χ4v) is 3.12. The highest BCUT2D eigenvalue weighted by atomic mass is 19.2. The van der Waals surface area contributed by atoms with Crippen molar-refractivity contribution in [1.82, 2.24) is 5.32 Å². The quantitative estimate of drug-likeness (QED) is 0.222. The number of carbonyl (C=O) groups excluding carboxylic acids is 2. The van der Waals surface area contributed by atoms with Gasteiger partial charge in [0.2, 0.25) is 5.82 Å². The molecule has 1 amide bonds. The van der Waals surface area contributed by atoms with Gasteiger partial charge in [-0.05, 0) is 12.1 Å². The Labute approximate surface area is 189 Å². The molecule has 0 fully saturated rings. The van der Waals surface area contributed by atoms with E-state index in [0.29, 0.717) is 7.11 Å². The van der Waals surface area contributed by atoms with E-state index in [1.54, 1.807) is 5.32 Å². The standard InChI is InChI=1S/C22H10F9NO3/c1-35-22(34)20(32-21(33)7-5-3-2-4-6-7)10-15(27)11(23)8(12(24)16(10)28)9-13(25)17(29)19(31)18(30)14(9)26/h2-6,20H,1H3,(H,32,33). The van der Waals surface area contributed by atoms with Crippen molar-refractivity contribution in [1.29, 1.82) is 0 Å². The van der Waals surface area contributed by atoms with Crippen LogP contribution in [0.15, 0.2) is 30.3 Å². The maximum atomic E-state index is 14.9. The van der Waals surface area contributed by atoms with Crippen LogP contribution < -0.4 is 5.32 Å². The average molecular weight is 507 g/mol. The fraction of sp³-hybridized carbons (Fsp3) is 0.0909. The van der Waals surface area contributed by atoms with Gasteiger partial charge < -0.3 is 10.1 Å². The van der Waals surface area contributed by atoms with Crippen LogP contribution in [0.3, 0.4) is 0 Å². The molecular formula is C22H10F9NO3. The third-order valence-corrected chi connectivity index (χ3v) is 4.79. The molecule has 13 heteroatoms. The number of amides is 1. The Bertz CT molecular complexity index is 1290. The van der Waals surface area contributed by atoms with E-state index in [1.807, 2.05) is 0 Å². The molecule has 3 rings (SSSR count). The van der Waals surface area contributed by atoms with Gasteiger partial charge in [-0.25, -0.2) is 44.3 Å². The minimum atomic E-state index is -2.72. The first-order valence-electron chi connectivity index (χ1n) is 9.25. The van der Waals surface area contributed by atoms with Crippen LogP contribution in [0.4, 0.5) is 39.5 Å². The van der Waals surface area contributed by atoms with E-state index in [4.69, 9.17) is 0 Å². The maximum Gasteiger partial charge on any atom is 0.333 e. The summed E-state index contributed by atoms with van der Waals surface area (Å²) >= 11 is 0. The van der Waals surface area contributed by atoms with E-state index >= 15 is 0 Å². The number of methoxy groups -OCH3 is 1. The van der Waals surface area contributed by atoms with Crippen molar-refractivity contribution in [3.63, 3.8) is 0 Å². The molecule has 0 saturated carbocycles. The molecule has 0 heterocycles. The van der Waals surface area contributed by atoms with Crippen molar-refractivity contribution >= 4 is 11.9 Å². The van der Waals surface area contributed by atoms with Gasteiger partial charge in [-0.15, -0.1) is 0 Å². The number of rotatable bonds is 5. The molecule has 3 aromatic carbocycles. The molecule has 0 aliphatic carbocycles. The third-order valence-electron chi connectivity index (χ3n) is 4.79. The lowest BCUT2D eigenvalue weighted by atomic mass is 9.96. The molecule has 1 N–H and O–H groups in total. The predicted octanol–water partition coefficient (Wildman–Crippen LogP) is 5.25. The monoisotopic (exact) mass is 507 g/mol. The molecule has 1 unspecified atom stereocenters. The molecule has 0 bridgehead atoms. The highest BCUT2D eigenvalue weighted by Crippen LogP contribution is 2.39. The lowest BCUT2D eigenvalue weighted by molar-refractivity contribution is -0.143. The number of esters is 1. The molecule has 0 spiro atoms. The van der Waals surface area contributed by atoms with E-state index in [2.05, 4.69) is 4.74 Å². The van der Waals surface area contributed by atoms with Crippen molar-refractivity contribution in [2.75, 3.05) is 7.11 Å². The molecule has 0 radical (unpaired) electrons. The molecule has 3 aromatic rings. The zero-order valence-electron chi connectivity index (χ0n) is 17.1. The Hall–Kier alpha value is -4.03. The van der Waals surface area contributed by atoms with Gasteiger partial charge in [-0.3, -0.25) is 4.79 Å². The smallest absolute Gasteiger partial charge is 0.333 e. The fourth-order valence-electron chi connectivity index (χ4n) is 3.12. The minimum Gasteiger partial charge on any atom is -0.467 e. The van der Waals surface area contributed by atoms with Crippen LogP contribution in [0.5, 0.6) is 0 Å². The van der Waals surface area contributed by atoms with Gasteiger partial charge in [0.05, 0.1) is 23.8 Å². The highest BCUT2D eigenvalue weighted by Gasteiger charge is 2.38. The molecule has 4 nitrogen and oxygen atoms in total. The Balaban J connectivity index is 2.26. The van der Waals surface area contributed by atoms with E-state index in [0.717, 1.165) is 0 Å². The van der Waals surface area contributed by atoms with Gasteiger partial charge in [0.25, 0.3) is 5.91 Å². The van der Waals surface area contributed by atoms with Crippen molar-refractivity contribution < 1.29 is 53.8 Å². The Morgan fingerprint density at radius 2 is 1.06 bits per heavy atom.